The fourth-order valence-electron chi connectivity index (χ4n) is 10.4. The summed E-state index contributed by atoms with van der Waals surface area (Å²) in [6.45, 7) is 4.54. The van der Waals surface area contributed by atoms with E-state index in [-0.39, 0.29) is 25.7 Å². The van der Waals surface area contributed by atoms with Crippen LogP contribution in [0.25, 0.3) is 0 Å². The summed E-state index contributed by atoms with van der Waals surface area (Å²) in [7, 11) is -9.97. The second-order valence-corrected chi connectivity index (χ2v) is 29.2. The number of phosphoric ester groups is 2. The van der Waals surface area contributed by atoms with Gasteiger partial charge in [0.2, 0.25) is 0 Å². The zero-order valence-corrected chi connectivity index (χ0v) is 65.8. The molecule has 0 aliphatic heterocycles. The Morgan fingerprint density at radius 3 is 0.824 bits per heavy atom. The Morgan fingerprint density at radius 1 is 0.284 bits per heavy atom. The average Bonchev–Trinajstić information content (AvgIpc) is 0.908. The van der Waals surface area contributed by atoms with Gasteiger partial charge in [0.1, 0.15) is 19.3 Å². The fourth-order valence-corrected chi connectivity index (χ4v) is 12.0. The summed E-state index contributed by atoms with van der Waals surface area (Å²) in [5, 5.41) is 10.6. The van der Waals surface area contributed by atoms with Crippen molar-refractivity contribution in [3.05, 3.63) is 122 Å². The molecule has 0 aliphatic carbocycles. The largest absolute Gasteiger partial charge is 0.472 e. The van der Waals surface area contributed by atoms with Crippen LogP contribution < -0.4 is 0 Å². The van der Waals surface area contributed by atoms with Crippen LogP contribution in [-0.4, -0.2) is 96.7 Å². The molecule has 0 aliphatic rings. The molecule has 0 aromatic carbocycles. The van der Waals surface area contributed by atoms with Crippen LogP contribution in [0.2, 0.25) is 0 Å². The zero-order chi connectivity index (χ0) is 74.6. The third-order valence-electron chi connectivity index (χ3n) is 16.4. The molecule has 586 valence electrons. The molecule has 0 aromatic heterocycles. The highest BCUT2D eigenvalue weighted by Gasteiger charge is 2.30. The zero-order valence-electron chi connectivity index (χ0n) is 64.0. The van der Waals surface area contributed by atoms with E-state index in [1.807, 2.05) is 0 Å². The number of aliphatic hydroxyl groups excluding tert-OH is 1. The summed E-state index contributed by atoms with van der Waals surface area (Å²) >= 11 is 0. The summed E-state index contributed by atoms with van der Waals surface area (Å²) in [6, 6.07) is 0. The van der Waals surface area contributed by atoms with Crippen molar-refractivity contribution in [2.75, 3.05) is 39.6 Å². The molecule has 0 rings (SSSR count). The maximum atomic E-state index is 13.1. The molecular formula is C83H142O17P2. The van der Waals surface area contributed by atoms with Crippen LogP contribution in [0.5, 0.6) is 0 Å². The lowest BCUT2D eigenvalue weighted by molar-refractivity contribution is -0.161. The molecule has 0 aromatic rings. The van der Waals surface area contributed by atoms with Gasteiger partial charge in [0.15, 0.2) is 12.2 Å². The van der Waals surface area contributed by atoms with Gasteiger partial charge in [0.25, 0.3) is 0 Å². The molecule has 0 heterocycles. The molecule has 3 N–H and O–H groups in total. The van der Waals surface area contributed by atoms with Gasteiger partial charge in [-0.3, -0.25) is 37.3 Å². The number of unbranched alkanes of at least 4 members (excludes halogenated alkanes) is 28. The highest BCUT2D eigenvalue weighted by Crippen LogP contribution is 2.45. The van der Waals surface area contributed by atoms with Crippen LogP contribution in [-0.2, 0) is 65.4 Å². The molecule has 5 unspecified atom stereocenters. The number of carbonyl (C=O) groups is 4. The number of aliphatic hydroxyl groups is 1. The molecule has 0 radical (unpaired) electrons. The van der Waals surface area contributed by atoms with Gasteiger partial charge in [-0.05, 0) is 128 Å². The first-order chi connectivity index (χ1) is 49.7. The molecular weight excluding hydrogens is 1330 g/mol. The van der Waals surface area contributed by atoms with E-state index in [4.69, 9.17) is 37.0 Å². The van der Waals surface area contributed by atoms with Gasteiger partial charge in [0.05, 0.1) is 26.4 Å². The number of phosphoric acid groups is 2. The first kappa shape index (κ1) is 97.5. The summed E-state index contributed by atoms with van der Waals surface area (Å²) < 4.78 is 68.6. The van der Waals surface area contributed by atoms with Crippen molar-refractivity contribution in [3.8, 4) is 0 Å². The average molecular weight is 1470 g/mol. The number of hydrogen-bond acceptors (Lipinski definition) is 15. The van der Waals surface area contributed by atoms with Gasteiger partial charge in [-0.2, -0.15) is 0 Å². The predicted octanol–water partition coefficient (Wildman–Crippen LogP) is 23.1. The van der Waals surface area contributed by atoms with Gasteiger partial charge < -0.3 is 33.8 Å². The Kier molecular flexibility index (Phi) is 71.4. The maximum absolute atomic E-state index is 13.1. The molecule has 0 amide bonds. The Labute approximate surface area is 619 Å². The Bertz CT molecular complexity index is 2410. The third kappa shape index (κ3) is 73.8. The van der Waals surface area contributed by atoms with E-state index in [0.29, 0.717) is 25.7 Å². The first-order valence-electron chi connectivity index (χ1n) is 39.8. The summed E-state index contributed by atoms with van der Waals surface area (Å²) in [6.07, 6.45) is 81.7. The molecule has 17 nitrogen and oxygen atoms in total. The van der Waals surface area contributed by atoms with Gasteiger partial charge in [-0.1, -0.05) is 290 Å². The van der Waals surface area contributed by atoms with Gasteiger partial charge in [-0.15, -0.1) is 0 Å². The number of esters is 4. The molecule has 0 saturated carbocycles. The van der Waals surface area contributed by atoms with Crippen LogP contribution in [0.3, 0.4) is 0 Å². The SMILES string of the molecule is CC/C=C\C/C=C\C/C=C\C/C=C\CCCCCCC(=O)OCC(COP(=O)(O)OCC(O)COP(=O)(O)OCC(COC(=O)CCCCCC/C=C\C/C=C\C/C=C\C/C=C\CC)OC(=O)CCCCCCCCCCCCCCCCC)OC(=O)CCCCCCC/C=C\C/C=C\CCC. The molecule has 0 bridgehead atoms. The van der Waals surface area contributed by atoms with Crippen LogP contribution >= 0.6 is 15.6 Å². The van der Waals surface area contributed by atoms with E-state index >= 15 is 0 Å². The van der Waals surface area contributed by atoms with E-state index in [0.717, 1.165) is 180 Å². The summed E-state index contributed by atoms with van der Waals surface area (Å²) in [5.74, 6) is -2.23. The van der Waals surface area contributed by atoms with Crippen molar-refractivity contribution in [3.63, 3.8) is 0 Å². The Hall–Kier alpha value is -4.54. The lowest BCUT2D eigenvalue weighted by atomic mass is 10.0. The smallest absolute Gasteiger partial charge is 0.462 e. The predicted molar refractivity (Wildman–Crippen MR) is 418 cm³/mol. The van der Waals surface area contributed by atoms with Crippen molar-refractivity contribution < 1.29 is 80.2 Å². The lowest BCUT2D eigenvalue weighted by Crippen LogP contribution is -2.30. The second-order valence-electron chi connectivity index (χ2n) is 26.2. The Balaban J connectivity index is 5.39. The van der Waals surface area contributed by atoms with E-state index in [1.54, 1.807) is 0 Å². The second kappa shape index (κ2) is 74.7. The summed E-state index contributed by atoms with van der Waals surface area (Å²) in [5.41, 5.74) is 0. The fraction of sp³-hybridized carbons (Fsp3) is 0.711. The van der Waals surface area contributed by atoms with Crippen LogP contribution in [0.4, 0.5) is 0 Å². The molecule has 0 spiro atoms. The molecule has 102 heavy (non-hydrogen) atoms. The quantitative estimate of drug-likeness (QED) is 0.0169. The minimum atomic E-state index is -4.99. The van der Waals surface area contributed by atoms with Gasteiger partial charge >= 0.3 is 39.5 Å². The first-order valence-corrected chi connectivity index (χ1v) is 42.8. The van der Waals surface area contributed by atoms with Crippen LogP contribution in [0, 0.1) is 0 Å². The number of rotatable bonds is 74. The molecule has 0 saturated heterocycles. The maximum Gasteiger partial charge on any atom is 0.472 e. The summed E-state index contributed by atoms with van der Waals surface area (Å²) in [4.78, 5) is 73.0. The molecule has 19 heteroatoms. The van der Waals surface area contributed by atoms with E-state index in [9.17, 15) is 43.2 Å². The van der Waals surface area contributed by atoms with E-state index in [2.05, 4.69) is 149 Å². The molecule has 0 fully saturated rings. The topological polar surface area (TPSA) is 237 Å². The highest BCUT2D eigenvalue weighted by atomic mass is 31.2. The normalized spacial score (nSPS) is 14.5. The molecule has 5 atom stereocenters. The monoisotopic (exact) mass is 1470 g/mol. The Morgan fingerprint density at radius 2 is 0.529 bits per heavy atom. The van der Waals surface area contributed by atoms with Crippen molar-refractivity contribution in [1.29, 1.82) is 0 Å². The van der Waals surface area contributed by atoms with Crippen molar-refractivity contribution in [2.24, 2.45) is 0 Å². The minimum absolute atomic E-state index is 0.0708. The standard InChI is InChI=1S/C83H142O17P2/c1-5-9-13-17-21-25-29-33-36-38-41-44-47-51-55-59-63-67-80(85)93-73-78(99-82(87)69-65-61-57-53-49-43-32-28-24-20-16-12-8-4)75-97-101(89,90)95-71-77(84)72-96-102(91,92)98-76-79(100-83(88)70-66-62-58-54-50-46-40-35-31-27-23-19-15-11-7-3)74-94-81(86)68-64-60-56-52-48-45-42-39-37-34-30-26-22-18-14-10-6-2/h9-10,13-14,16,20-22,25-26,28,32-34,36-37,41-42,44-45,77-79,84H,5-8,11-12,15,17-19,23-24,27,29-31,35,38-40,43,46-76H2,1-4H3,(H,89,90)(H,91,92)/b13-9-,14-10-,20-16-,25-21-,26-22-,32-28-,36-33-,37-34-,44-41-,45-42-. The number of ether oxygens (including phenoxy) is 4. The number of hydrogen-bond donors (Lipinski definition) is 3. The van der Waals surface area contributed by atoms with Gasteiger partial charge in [-0.25, -0.2) is 9.13 Å². The van der Waals surface area contributed by atoms with Crippen LogP contribution in [0.15, 0.2) is 122 Å². The van der Waals surface area contributed by atoms with E-state index < -0.39 is 97.5 Å². The van der Waals surface area contributed by atoms with Crippen molar-refractivity contribution in [1.82, 2.24) is 0 Å². The highest BCUT2D eigenvalue weighted by molar-refractivity contribution is 7.47. The van der Waals surface area contributed by atoms with Crippen molar-refractivity contribution >= 4 is 39.5 Å². The number of carbonyl (C=O) groups excluding carboxylic acids is 4. The lowest BCUT2D eigenvalue weighted by Gasteiger charge is -2.21. The van der Waals surface area contributed by atoms with Crippen LogP contribution in [0.1, 0.15) is 323 Å². The third-order valence-corrected chi connectivity index (χ3v) is 18.3. The van der Waals surface area contributed by atoms with Crippen molar-refractivity contribution in [2.45, 2.75) is 341 Å². The minimum Gasteiger partial charge on any atom is -0.462 e. The van der Waals surface area contributed by atoms with E-state index in [1.165, 1.54) is 64.2 Å². The van der Waals surface area contributed by atoms with Gasteiger partial charge in [0, 0.05) is 25.7 Å². The number of allylic oxidation sites excluding steroid dienone is 20.